The van der Waals surface area contributed by atoms with Crippen LogP contribution in [0.2, 0.25) is 0 Å². The summed E-state index contributed by atoms with van der Waals surface area (Å²) in [5.41, 5.74) is 4.74. The molecule has 0 radical (unpaired) electrons. The number of benzene rings is 2. The van der Waals surface area contributed by atoms with Crippen LogP contribution in [0.25, 0.3) is 11.1 Å². The summed E-state index contributed by atoms with van der Waals surface area (Å²) in [5, 5.41) is 0. The number of hydrogen-bond acceptors (Lipinski definition) is 0. The van der Waals surface area contributed by atoms with Crippen molar-refractivity contribution in [3.05, 3.63) is 59.7 Å². The molecule has 0 N–H and O–H groups in total. The van der Waals surface area contributed by atoms with Crippen LogP contribution < -0.4 is 0 Å². The van der Waals surface area contributed by atoms with Crippen LogP contribution in [0.15, 0.2) is 48.5 Å². The molecule has 2 aromatic rings. The third-order valence-electron chi connectivity index (χ3n) is 2.75. The van der Waals surface area contributed by atoms with Crippen LogP contribution >= 0.6 is 0 Å². The summed E-state index contributed by atoms with van der Waals surface area (Å²) >= 11 is 0. The Morgan fingerprint density at radius 3 is 1.81 bits per heavy atom. The molecule has 0 spiro atoms. The first kappa shape index (κ1) is 10.5. The molecular weight excluding hydrogens is 192 g/mol. The average Bonchev–Trinajstić information content (AvgIpc) is 2.39. The Kier molecular flexibility index (Phi) is 3.08. The molecule has 16 heavy (non-hydrogen) atoms. The van der Waals surface area contributed by atoms with Crippen molar-refractivity contribution in [2.45, 2.75) is 13.3 Å². The van der Waals surface area contributed by atoms with Gasteiger partial charge in [-0.1, -0.05) is 49.2 Å². The van der Waals surface area contributed by atoms with Gasteiger partial charge < -0.3 is 0 Å². The lowest BCUT2D eigenvalue weighted by molar-refractivity contribution is 1.14. The van der Waals surface area contributed by atoms with Crippen molar-refractivity contribution in [3.63, 3.8) is 0 Å². The molecule has 0 aliphatic carbocycles. The second kappa shape index (κ2) is 4.68. The summed E-state index contributed by atoms with van der Waals surface area (Å²) in [7, 11) is 0. The summed E-state index contributed by atoms with van der Waals surface area (Å²) in [4.78, 5) is 0. The first-order valence-electron chi connectivity index (χ1n) is 5.49. The smallest absolute Gasteiger partial charge is 0.0243 e. The second-order valence-electron chi connectivity index (χ2n) is 3.77. The molecule has 0 saturated carbocycles. The summed E-state index contributed by atoms with van der Waals surface area (Å²) in [6.07, 6.45) is 6.41. The van der Waals surface area contributed by atoms with Crippen LogP contribution in [0.3, 0.4) is 0 Å². The van der Waals surface area contributed by atoms with E-state index < -0.39 is 0 Å². The van der Waals surface area contributed by atoms with Gasteiger partial charge in [0.15, 0.2) is 0 Å². The SMILES string of the molecule is C#Cc1ccc(-c2ccc(CC)cc2)cc1. The zero-order chi connectivity index (χ0) is 11.4. The summed E-state index contributed by atoms with van der Waals surface area (Å²) in [6.45, 7) is 2.16. The van der Waals surface area contributed by atoms with Gasteiger partial charge in [0.2, 0.25) is 0 Å². The molecule has 0 heteroatoms. The highest BCUT2D eigenvalue weighted by Crippen LogP contribution is 2.20. The first-order valence-corrected chi connectivity index (χ1v) is 5.49. The fourth-order valence-corrected chi connectivity index (χ4v) is 1.69. The van der Waals surface area contributed by atoms with E-state index in [1.54, 1.807) is 0 Å². The van der Waals surface area contributed by atoms with Crippen molar-refractivity contribution in [2.24, 2.45) is 0 Å². The topological polar surface area (TPSA) is 0 Å². The predicted molar refractivity (Wildman–Crippen MR) is 69.2 cm³/mol. The molecular formula is C16H14. The van der Waals surface area contributed by atoms with Gasteiger partial charge in [0.05, 0.1) is 0 Å². The average molecular weight is 206 g/mol. The van der Waals surface area contributed by atoms with Gasteiger partial charge in [-0.05, 0) is 35.2 Å². The van der Waals surface area contributed by atoms with Crippen molar-refractivity contribution in [1.82, 2.24) is 0 Å². The third-order valence-corrected chi connectivity index (χ3v) is 2.75. The van der Waals surface area contributed by atoms with Crippen LogP contribution in [0.4, 0.5) is 0 Å². The molecule has 0 aliphatic rings. The van der Waals surface area contributed by atoms with Crippen LogP contribution in [-0.4, -0.2) is 0 Å². The van der Waals surface area contributed by atoms with Gasteiger partial charge in [0, 0.05) is 5.56 Å². The van der Waals surface area contributed by atoms with E-state index in [0.29, 0.717) is 0 Å². The minimum absolute atomic E-state index is 0.925. The normalized spacial score (nSPS) is 9.75. The molecule has 0 heterocycles. The van der Waals surface area contributed by atoms with Gasteiger partial charge in [0.25, 0.3) is 0 Å². The lowest BCUT2D eigenvalue weighted by Crippen LogP contribution is -1.82. The first-order chi connectivity index (χ1) is 7.83. The molecule has 0 nitrogen and oxygen atoms in total. The van der Waals surface area contributed by atoms with Gasteiger partial charge in [-0.2, -0.15) is 0 Å². The Hall–Kier alpha value is -2.00. The van der Waals surface area contributed by atoms with Gasteiger partial charge in [-0.25, -0.2) is 0 Å². The predicted octanol–water partition coefficient (Wildman–Crippen LogP) is 3.90. The number of hydrogen-bond donors (Lipinski definition) is 0. The summed E-state index contributed by atoms with van der Waals surface area (Å²) in [6, 6.07) is 16.7. The molecule has 0 amide bonds. The van der Waals surface area contributed by atoms with Crippen molar-refractivity contribution in [2.75, 3.05) is 0 Å². The van der Waals surface area contributed by atoms with Crippen LogP contribution in [-0.2, 0) is 6.42 Å². The molecule has 0 atom stereocenters. The Bertz CT molecular complexity index is 495. The molecule has 0 aromatic heterocycles. The maximum Gasteiger partial charge on any atom is 0.0243 e. The van der Waals surface area contributed by atoms with E-state index in [2.05, 4.69) is 49.2 Å². The maximum absolute atomic E-state index is 5.33. The number of terminal acetylenes is 1. The van der Waals surface area contributed by atoms with Crippen molar-refractivity contribution in [3.8, 4) is 23.5 Å². The fourth-order valence-electron chi connectivity index (χ4n) is 1.69. The second-order valence-corrected chi connectivity index (χ2v) is 3.77. The Labute approximate surface area is 96.9 Å². The van der Waals surface area contributed by atoms with Crippen LogP contribution in [0.1, 0.15) is 18.1 Å². The highest BCUT2D eigenvalue weighted by atomic mass is 14.0. The van der Waals surface area contributed by atoms with Crippen molar-refractivity contribution < 1.29 is 0 Å². The van der Waals surface area contributed by atoms with Crippen molar-refractivity contribution in [1.29, 1.82) is 0 Å². The Morgan fingerprint density at radius 2 is 1.38 bits per heavy atom. The molecule has 0 aliphatic heterocycles. The van der Waals surface area contributed by atoms with Gasteiger partial charge in [-0.3, -0.25) is 0 Å². The molecule has 0 bridgehead atoms. The minimum Gasteiger partial charge on any atom is -0.115 e. The van der Waals surface area contributed by atoms with Gasteiger partial charge in [-0.15, -0.1) is 6.42 Å². The summed E-state index contributed by atoms with van der Waals surface area (Å²) < 4.78 is 0. The van der Waals surface area contributed by atoms with Crippen LogP contribution in [0, 0.1) is 12.3 Å². The monoisotopic (exact) mass is 206 g/mol. The largest absolute Gasteiger partial charge is 0.115 e. The lowest BCUT2D eigenvalue weighted by Gasteiger charge is -2.03. The zero-order valence-corrected chi connectivity index (χ0v) is 9.40. The van der Waals surface area contributed by atoms with Gasteiger partial charge >= 0.3 is 0 Å². The molecule has 0 fully saturated rings. The van der Waals surface area contributed by atoms with Crippen LogP contribution in [0.5, 0.6) is 0 Å². The summed E-state index contributed by atoms with van der Waals surface area (Å²) in [5.74, 6) is 2.62. The van der Waals surface area contributed by atoms with E-state index >= 15 is 0 Å². The highest BCUT2D eigenvalue weighted by molar-refractivity contribution is 5.64. The maximum atomic E-state index is 5.33. The fraction of sp³-hybridized carbons (Fsp3) is 0.125. The van der Waals surface area contributed by atoms with E-state index in [4.69, 9.17) is 6.42 Å². The zero-order valence-electron chi connectivity index (χ0n) is 9.40. The van der Waals surface area contributed by atoms with E-state index in [-0.39, 0.29) is 0 Å². The highest BCUT2D eigenvalue weighted by Gasteiger charge is 1.97. The lowest BCUT2D eigenvalue weighted by atomic mass is 10.0. The van der Waals surface area contributed by atoms with E-state index in [9.17, 15) is 0 Å². The third kappa shape index (κ3) is 2.15. The molecule has 2 aromatic carbocycles. The Morgan fingerprint density at radius 1 is 0.875 bits per heavy atom. The molecule has 2 rings (SSSR count). The molecule has 0 unspecified atom stereocenters. The quantitative estimate of drug-likeness (QED) is 0.654. The van der Waals surface area contributed by atoms with Gasteiger partial charge in [0.1, 0.15) is 0 Å². The van der Waals surface area contributed by atoms with E-state index in [0.717, 1.165) is 12.0 Å². The standard InChI is InChI=1S/C16H14/c1-3-13-5-9-15(10-6-13)16-11-7-14(4-2)8-12-16/h1,5-12H,4H2,2H3. The van der Waals surface area contributed by atoms with Crippen molar-refractivity contribution >= 4 is 0 Å². The Balaban J connectivity index is 2.32. The molecule has 0 saturated heterocycles. The minimum atomic E-state index is 0.925. The van der Waals surface area contributed by atoms with E-state index in [1.807, 2.05) is 12.1 Å². The molecule has 78 valence electrons. The number of aryl methyl sites for hydroxylation is 1. The number of rotatable bonds is 2. The van der Waals surface area contributed by atoms with E-state index in [1.165, 1.54) is 16.7 Å².